The number of nitrogens with zero attached hydrogens (tertiary/aromatic N) is 1. The highest BCUT2D eigenvalue weighted by Gasteiger charge is 2.16. The Balaban J connectivity index is 1.89. The predicted octanol–water partition coefficient (Wildman–Crippen LogP) is 5.97. The van der Waals surface area contributed by atoms with Crippen LogP contribution in [0.2, 0.25) is 0 Å². The number of unbranched alkanes of at least 4 members (excludes halogenated alkanes) is 6. The first-order valence-corrected chi connectivity index (χ1v) is 9.19. The number of ether oxygens (including phenoxy) is 1. The molecule has 0 amide bonds. The molecule has 2 rings (SSSR count). The topological polar surface area (TPSA) is 39.2 Å². The summed E-state index contributed by atoms with van der Waals surface area (Å²) in [6.07, 6.45) is 9.91. The second kappa shape index (κ2) is 10.6. The van der Waals surface area contributed by atoms with E-state index in [9.17, 15) is 13.6 Å². The number of benzene rings is 1. The van der Waals surface area contributed by atoms with E-state index in [-0.39, 0.29) is 17.0 Å². The zero-order chi connectivity index (χ0) is 18.8. The molecule has 1 aromatic heterocycles. The fraction of sp³-hybridized carbons (Fsp3) is 0.429. The van der Waals surface area contributed by atoms with Crippen LogP contribution in [0.4, 0.5) is 8.78 Å². The number of halogens is 2. The highest BCUT2D eigenvalue weighted by molar-refractivity contribution is 5.75. The fourth-order valence-electron chi connectivity index (χ4n) is 2.72. The molecule has 0 aliphatic rings. The zero-order valence-corrected chi connectivity index (χ0v) is 15.1. The van der Waals surface area contributed by atoms with E-state index >= 15 is 0 Å². The lowest BCUT2D eigenvalue weighted by Gasteiger charge is -2.10. The van der Waals surface area contributed by atoms with Gasteiger partial charge in [0.2, 0.25) is 5.82 Å². The van der Waals surface area contributed by atoms with Crippen LogP contribution in [-0.2, 0) is 0 Å². The van der Waals surface area contributed by atoms with E-state index < -0.39 is 11.6 Å². The Bertz CT molecular complexity index is 702. The quantitative estimate of drug-likeness (QED) is 0.366. The molecule has 0 fully saturated rings. The van der Waals surface area contributed by atoms with Gasteiger partial charge >= 0.3 is 0 Å². The van der Waals surface area contributed by atoms with Crippen molar-refractivity contribution in [3.05, 3.63) is 47.7 Å². The SMILES string of the molecule is CCCCCCCCCOc1ccc(-c2ccc(C=O)cn2)c(F)c1F. The lowest BCUT2D eigenvalue weighted by Crippen LogP contribution is -2.02. The van der Waals surface area contributed by atoms with Crippen molar-refractivity contribution in [2.75, 3.05) is 6.61 Å². The average molecular weight is 361 g/mol. The molecule has 0 saturated heterocycles. The standard InChI is InChI=1S/C21H25F2NO2/c1-2-3-4-5-6-7-8-13-26-19-12-10-17(20(22)21(19)23)18-11-9-16(15-25)14-24-18/h9-12,14-15H,2-8,13H2,1H3. The third kappa shape index (κ3) is 5.61. The number of hydrogen-bond acceptors (Lipinski definition) is 3. The Hall–Kier alpha value is -2.30. The van der Waals surface area contributed by atoms with Crippen LogP contribution < -0.4 is 4.74 Å². The van der Waals surface area contributed by atoms with Crippen LogP contribution in [-0.4, -0.2) is 17.9 Å². The highest BCUT2D eigenvalue weighted by Crippen LogP contribution is 2.29. The number of rotatable bonds is 11. The Labute approximate surface area is 153 Å². The van der Waals surface area contributed by atoms with Crippen molar-refractivity contribution in [3.63, 3.8) is 0 Å². The Morgan fingerprint density at radius 2 is 1.69 bits per heavy atom. The maximum absolute atomic E-state index is 14.3. The number of hydrogen-bond donors (Lipinski definition) is 0. The number of aromatic nitrogens is 1. The molecule has 0 radical (unpaired) electrons. The molecule has 0 saturated carbocycles. The Morgan fingerprint density at radius 1 is 0.962 bits per heavy atom. The molecule has 0 spiro atoms. The second-order valence-electron chi connectivity index (χ2n) is 6.30. The van der Waals surface area contributed by atoms with Crippen LogP contribution in [0.1, 0.15) is 62.2 Å². The molecule has 0 atom stereocenters. The van der Waals surface area contributed by atoms with E-state index in [0.29, 0.717) is 18.5 Å². The molecule has 140 valence electrons. The van der Waals surface area contributed by atoms with Crippen LogP contribution in [0.15, 0.2) is 30.5 Å². The van der Waals surface area contributed by atoms with Crippen molar-refractivity contribution in [1.29, 1.82) is 0 Å². The van der Waals surface area contributed by atoms with Gasteiger partial charge in [-0.15, -0.1) is 0 Å². The minimum absolute atomic E-state index is 0.0447. The minimum atomic E-state index is -1.01. The van der Waals surface area contributed by atoms with Crippen LogP contribution >= 0.6 is 0 Å². The maximum atomic E-state index is 14.3. The van der Waals surface area contributed by atoms with E-state index in [1.165, 1.54) is 56.1 Å². The van der Waals surface area contributed by atoms with Gasteiger partial charge < -0.3 is 4.74 Å². The smallest absolute Gasteiger partial charge is 0.201 e. The number of carbonyl (C=O) groups is 1. The molecule has 0 aliphatic heterocycles. The van der Waals surface area contributed by atoms with Gasteiger partial charge in [-0.25, -0.2) is 4.39 Å². The highest BCUT2D eigenvalue weighted by atomic mass is 19.2. The zero-order valence-electron chi connectivity index (χ0n) is 15.1. The van der Waals surface area contributed by atoms with E-state index in [2.05, 4.69) is 11.9 Å². The van der Waals surface area contributed by atoms with E-state index in [0.717, 1.165) is 19.3 Å². The summed E-state index contributed by atoms with van der Waals surface area (Å²) in [5.74, 6) is -2.08. The summed E-state index contributed by atoms with van der Waals surface area (Å²) in [5.41, 5.74) is 0.693. The Morgan fingerprint density at radius 3 is 2.35 bits per heavy atom. The van der Waals surface area contributed by atoms with Crippen molar-refractivity contribution < 1.29 is 18.3 Å². The molecule has 0 unspecified atom stereocenters. The normalized spacial score (nSPS) is 10.7. The molecule has 3 nitrogen and oxygen atoms in total. The van der Waals surface area contributed by atoms with Gasteiger partial charge in [0, 0.05) is 17.3 Å². The van der Waals surface area contributed by atoms with Gasteiger partial charge in [0.1, 0.15) is 0 Å². The summed E-state index contributed by atoms with van der Waals surface area (Å²) in [5, 5.41) is 0. The fourth-order valence-corrected chi connectivity index (χ4v) is 2.72. The molecule has 0 bridgehead atoms. The maximum Gasteiger partial charge on any atom is 0.201 e. The van der Waals surface area contributed by atoms with Gasteiger partial charge in [-0.1, -0.05) is 45.4 Å². The van der Waals surface area contributed by atoms with Crippen molar-refractivity contribution in [2.45, 2.75) is 51.9 Å². The first kappa shape index (κ1) is 20.0. The first-order valence-electron chi connectivity index (χ1n) is 9.19. The third-order valence-electron chi connectivity index (χ3n) is 4.25. The van der Waals surface area contributed by atoms with Crippen LogP contribution in [0.25, 0.3) is 11.3 Å². The van der Waals surface area contributed by atoms with Gasteiger partial charge in [-0.3, -0.25) is 9.78 Å². The summed E-state index contributed by atoms with van der Waals surface area (Å²) in [6, 6.07) is 5.87. The summed E-state index contributed by atoms with van der Waals surface area (Å²) in [7, 11) is 0. The van der Waals surface area contributed by atoms with Crippen molar-refractivity contribution in [3.8, 4) is 17.0 Å². The van der Waals surface area contributed by atoms with Crippen molar-refractivity contribution in [2.24, 2.45) is 0 Å². The summed E-state index contributed by atoms with van der Waals surface area (Å²) in [6.45, 7) is 2.55. The second-order valence-corrected chi connectivity index (χ2v) is 6.30. The first-order chi connectivity index (χ1) is 12.7. The molecule has 2 aromatic rings. The van der Waals surface area contributed by atoms with Crippen molar-refractivity contribution >= 4 is 6.29 Å². The van der Waals surface area contributed by atoms with Crippen LogP contribution in [0.3, 0.4) is 0 Å². The van der Waals surface area contributed by atoms with Gasteiger partial charge in [0.15, 0.2) is 17.9 Å². The largest absolute Gasteiger partial charge is 0.490 e. The lowest BCUT2D eigenvalue weighted by molar-refractivity contribution is 0.112. The van der Waals surface area contributed by atoms with Gasteiger partial charge in [0.05, 0.1) is 12.3 Å². The Kier molecular flexibility index (Phi) is 8.19. The molecule has 0 N–H and O–H groups in total. The average Bonchev–Trinajstić information content (AvgIpc) is 2.67. The monoisotopic (exact) mass is 361 g/mol. The molecule has 5 heteroatoms. The molecule has 1 aromatic carbocycles. The summed E-state index contributed by atoms with van der Waals surface area (Å²) < 4.78 is 33.9. The van der Waals surface area contributed by atoms with Gasteiger partial charge in [-0.05, 0) is 30.7 Å². The van der Waals surface area contributed by atoms with E-state index in [4.69, 9.17) is 4.74 Å². The molecular formula is C21H25F2NO2. The van der Waals surface area contributed by atoms with E-state index in [1.54, 1.807) is 0 Å². The minimum Gasteiger partial charge on any atom is -0.490 e. The number of aldehydes is 1. The molecular weight excluding hydrogens is 336 g/mol. The molecule has 1 heterocycles. The van der Waals surface area contributed by atoms with Gasteiger partial charge in [0.25, 0.3) is 0 Å². The van der Waals surface area contributed by atoms with E-state index in [1.807, 2.05) is 0 Å². The van der Waals surface area contributed by atoms with Crippen molar-refractivity contribution in [1.82, 2.24) is 4.98 Å². The van der Waals surface area contributed by atoms with Crippen LogP contribution in [0.5, 0.6) is 5.75 Å². The number of pyridine rings is 1. The lowest BCUT2D eigenvalue weighted by atomic mass is 10.1. The summed E-state index contributed by atoms with van der Waals surface area (Å²) >= 11 is 0. The van der Waals surface area contributed by atoms with Crippen LogP contribution in [0, 0.1) is 11.6 Å². The third-order valence-corrected chi connectivity index (χ3v) is 4.25. The summed E-state index contributed by atoms with van der Waals surface area (Å²) in [4.78, 5) is 14.6. The van der Waals surface area contributed by atoms with Gasteiger partial charge in [-0.2, -0.15) is 4.39 Å². The molecule has 0 aliphatic carbocycles. The predicted molar refractivity (Wildman–Crippen MR) is 98.5 cm³/mol. The number of carbonyl (C=O) groups excluding carboxylic acids is 1. The molecule has 26 heavy (non-hydrogen) atoms.